The Balaban J connectivity index is 2.30. The second-order valence-electron chi connectivity index (χ2n) is 3.93. The van der Waals surface area contributed by atoms with E-state index in [1.165, 1.54) is 24.5 Å². The lowest BCUT2D eigenvalue weighted by Gasteiger charge is -2.02. The minimum Gasteiger partial charge on any atom is -0.490 e. The van der Waals surface area contributed by atoms with Gasteiger partial charge in [-0.1, -0.05) is 18.3 Å². The molecule has 2 rings (SSSR count). The molecule has 0 saturated heterocycles. The maximum atomic E-state index is 11.0. The molecule has 0 bridgehead atoms. The van der Waals surface area contributed by atoms with Gasteiger partial charge in [0.05, 0.1) is 12.0 Å². The minimum absolute atomic E-state index is 0.0755. The molecule has 0 fully saturated rings. The van der Waals surface area contributed by atoms with E-state index in [1.54, 1.807) is 12.1 Å². The van der Waals surface area contributed by atoms with Crippen LogP contribution in [0.2, 0.25) is 0 Å². The highest BCUT2D eigenvalue weighted by molar-refractivity contribution is 7.14. The van der Waals surface area contributed by atoms with Gasteiger partial charge in [0.25, 0.3) is 0 Å². The Labute approximate surface area is 119 Å². The molecular weight excluding hydrogens is 280 g/mol. The average Bonchev–Trinajstić information content (AvgIpc) is 2.93. The normalized spacial score (nSPS) is 10.5. The zero-order chi connectivity index (χ0) is 14.5. The van der Waals surface area contributed by atoms with Crippen molar-refractivity contribution in [2.45, 2.75) is 13.5 Å². The first-order chi connectivity index (χ1) is 9.65. The van der Waals surface area contributed by atoms with Gasteiger partial charge in [-0.2, -0.15) is 0 Å². The average molecular weight is 294 g/mol. The van der Waals surface area contributed by atoms with Crippen molar-refractivity contribution in [2.75, 3.05) is 13.7 Å². The van der Waals surface area contributed by atoms with E-state index in [1.807, 2.05) is 6.92 Å². The Bertz CT molecular complexity index is 614. The van der Waals surface area contributed by atoms with Crippen LogP contribution in [0.25, 0.3) is 10.6 Å². The van der Waals surface area contributed by atoms with Crippen molar-refractivity contribution in [3.8, 4) is 16.3 Å². The number of nitrogens with zero attached hydrogens (tertiary/aromatic N) is 3. The summed E-state index contributed by atoms with van der Waals surface area (Å²) in [5.41, 5.74) is 0.589. The first-order valence-electron chi connectivity index (χ1n) is 6.01. The summed E-state index contributed by atoms with van der Waals surface area (Å²) in [4.78, 5) is 10.5. The van der Waals surface area contributed by atoms with Gasteiger partial charge in [-0.15, -0.1) is 10.2 Å². The Morgan fingerprint density at radius 3 is 2.90 bits per heavy atom. The van der Waals surface area contributed by atoms with E-state index >= 15 is 0 Å². The Kier molecular flexibility index (Phi) is 4.59. The summed E-state index contributed by atoms with van der Waals surface area (Å²) in [6.07, 6.45) is 0. The van der Waals surface area contributed by atoms with Gasteiger partial charge < -0.3 is 10.1 Å². The highest BCUT2D eigenvalue weighted by Gasteiger charge is 2.17. The fourth-order valence-electron chi connectivity index (χ4n) is 1.64. The number of nitro benzene ring substituents is 1. The molecule has 0 aliphatic heterocycles. The molecule has 0 aliphatic carbocycles. The molecule has 1 aromatic heterocycles. The van der Waals surface area contributed by atoms with Crippen molar-refractivity contribution in [1.82, 2.24) is 15.5 Å². The van der Waals surface area contributed by atoms with Gasteiger partial charge in [0.15, 0.2) is 5.75 Å². The summed E-state index contributed by atoms with van der Waals surface area (Å²) in [5, 5.41) is 23.8. The Morgan fingerprint density at radius 2 is 2.25 bits per heavy atom. The zero-order valence-corrected chi connectivity index (χ0v) is 11.9. The monoisotopic (exact) mass is 294 g/mol. The second kappa shape index (κ2) is 6.40. The molecular formula is C12H14N4O3S. The standard InChI is InChI=1S/C12H14N4O3S/c1-3-13-7-11-14-15-12(20-11)8-4-5-10(19-2)9(6-8)16(17)18/h4-6,13H,3,7H2,1-2H3. The van der Waals surface area contributed by atoms with Crippen LogP contribution in [0.5, 0.6) is 5.75 Å². The maximum absolute atomic E-state index is 11.0. The third-order valence-electron chi connectivity index (χ3n) is 2.62. The summed E-state index contributed by atoms with van der Waals surface area (Å²) < 4.78 is 4.97. The summed E-state index contributed by atoms with van der Waals surface area (Å²) in [6, 6.07) is 4.76. The molecule has 7 nitrogen and oxygen atoms in total. The van der Waals surface area contributed by atoms with Gasteiger partial charge in [-0.05, 0) is 18.7 Å². The van der Waals surface area contributed by atoms with Crippen LogP contribution in [0.1, 0.15) is 11.9 Å². The minimum atomic E-state index is -0.469. The van der Waals surface area contributed by atoms with Crippen LogP contribution in [0, 0.1) is 10.1 Å². The van der Waals surface area contributed by atoms with Crippen molar-refractivity contribution in [1.29, 1.82) is 0 Å². The van der Waals surface area contributed by atoms with Crippen molar-refractivity contribution in [2.24, 2.45) is 0 Å². The first kappa shape index (κ1) is 14.4. The summed E-state index contributed by atoms with van der Waals surface area (Å²) in [7, 11) is 1.40. The van der Waals surface area contributed by atoms with Crippen LogP contribution in [0.4, 0.5) is 5.69 Å². The number of hydrogen-bond acceptors (Lipinski definition) is 7. The van der Waals surface area contributed by atoms with Gasteiger partial charge in [-0.3, -0.25) is 10.1 Å². The Hall–Kier alpha value is -2.06. The van der Waals surface area contributed by atoms with Crippen LogP contribution < -0.4 is 10.1 Å². The lowest BCUT2D eigenvalue weighted by molar-refractivity contribution is -0.385. The largest absolute Gasteiger partial charge is 0.490 e. The molecule has 0 amide bonds. The molecule has 2 aromatic rings. The van der Waals surface area contributed by atoms with Crippen molar-refractivity contribution in [3.63, 3.8) is 0 Å². The number of methoxy groups -OCH3 is 1. The van der Waals surface area contributed by atoms with E-state index in [-0.39, 0.29) is 11.4 Å². The highest BCUT2D eigenvalue weighted by atomic mass is 32.1. The smallest absolute Gasteiger partial charge is 0.311 e. The third-order valence-corrected chi connectivity index (χ3v) is 3.59. The van der Waals surface area contributed by atoms with E-state index in [4.69, 9.17) is 4.74 Å². The van der Waals surface area contributed by atoms with E-state index in [0.29, 0.717) is 17.1 Å². The summed E-state index contributed by atoms with van der Waals surface area (Å²) in [6.45, 7) is 3.50. The van der Waals surface area contributed by atoms with Crippen molar-refractivity contribution < 1.29 is 9.66 Å². The molecule has 1 aromatic carbocycles. The topological polar surface area (TPSA) is 90.2 Å². The molecule has 1 heterocycles. The van der Waals surface area contributed by atoms with Crippen molar-refractivity contribution >= 4 is 17.0 Å². The van der Waals surface area contributed by atoms with Crippen LogP contribution in [-0.4, -0.2) is 28.8 Å². The molecule has 20 heavy (non-hydrogen) atoms. The van der Waals surface area contributed by atoms with Crippen LogP contribution in [0.3, 0.4) is 0 Å². The van der Waals surface area contributed by atoms with Gasteiger partial charge in [0, 0.05) is 18.2 Å². The highest BCUT2D eigenvalue weighted by Crippen LogP contribution is 2.33. The van der Waals surface area contributed by atoms with Gasteiger partial charge in [0.1, 0.15) is 10.0 Å². The van der Waals surface area contributed by atoms with Gasteiger partial charge in [-0.25, -0.2) is 0 Å². The van der Waals surface area contributed by atoms with Crippen molar-refractivity contribution in [3.05, 3.63) is 33.3 Å². The maximum Gasteiger partial charge on any atom is 0.311 e. The number of nitrogens with one attached hydrogen (secondary N) is 1. The van der Waals surface area contributed by atoms with Crippen LogP contribution >= 0.6 is 11.3 Å². The van der Waals surface area contributed by atoms with Gasteiger partial charge >= 0.3 is 5.69 Å². The quantitative estimate of drug-likeness (QED) is 0.649. The predicted molar refractivity (Wildman–Crippen MR) is 75.9 cm³/mol. The second-order valence-corrected chi connectivity index (χ2v) is 4.99. The van der Waals surface area contributed by atoms with E-state index in [9.17, 15) is 10.1 Å². The molecule has 1 N–H and O–H groups in total. The number of rotatable bonds is 6. The Morgan fingerprint density at radius 1 is 1.45 bits per heavy atom. The molecule has 0 unspecified atom stereocenters. The molecule has 0 saturated carbocycles. The fourth-order valence-corrected chi connectivity index (χ4v) is 2.44. The van der Waals surface area contributed by atoms with E-state index in [2.05, 4.69) is 15.5 Å². The number of hydrogen-bond donors (Lipinski definition) is 1. The molecule has 0 spiro atoms. The third kappa shape index (κ3) is 3.09. The number of aromatic nitrogens is 2. The lowest BCUT2D eigenvalue weighted by atomic mass is 10.2. The van der Waals surface area contributed by atoms with E-state index < -0.39 is 4.92 Å². The van der Waals surface area contributed by atoms with Crippen LogP contribution in [-0.2, 0) is 6.54 Å². The molecule has 8 heteroatoms. The summed E-state index contributed by atoms with van der Waals surface area (Å²) >= 11 is 1.41. The SMILES string of the molecule is CCNCc1nnc(-c2ccc(OC)c([N+](=O)[O-])c2)s1. The van der Waals surface area contributed by atoms with E-state index in [0.717, 1.165) is 11.6 Å². The molecule has 0 atom stereocenters. The predicted octanol–water partition coefficient (Wildman–Crippen LogP) is 2.23. The molecule has 106 valence electrons. The zero-order valence-electron chi connectivity index (χ0n) is 11.1. The van der Waals surface area contributed by atoms with Gasteiger partial charge in [0.2, 0.25) is 0 Å². The molecule has 0 aliphatic rings. The van der Waals surface area contributed by atoms with Crippen LogP contribution in [0.15, 0.2) is 18.2 Å². The fraction of sp³-hybridized carbons (Fsp3) is 0.333. The number of benzene rings is 1. The number of nitro groups is 1. The molecule has 0 radical (unpaired) electrons. The lowest BCUT2D eigenvalue weighted by Crippen LogP contribution is -2.11. The number of ether oxygens (including phenoxy) is 1. The first-order valence-corrected chi connectivity index (χ1v) is 6.83. The summed E-state index contributed by atoms with van der Waals surface area (Å²) in [5.74, 6) is 0.233.